The zero-order chi connectivity index (χ0) is 13.7. The maximum absolute atomic E-state index is 12.2. The molecule has 4 nitrogen and oxygen atoms in total. The number of nitrogens with zero attached hydrogens (tertiary/aromatic N) is 1. The van der Waals surface area contributed by atoms with Crippen molar-refractivity contribution < 1.29 is 4.79 Å². The average molecular weight is 261 g/mol. The normalized spacial score (nSPS) is 18.3. The summed E-state index contributed by atoms with van der Waals surface area (Å²) in [6, 6.07) is 8.32. The molecule has 0 aliphatic carbocycles. The Morgan fingerprint density at radius 3 is 2.74 bits per heavy atom. The fourth-order valence-corrected chi connectivity index (χ4v) is 2.37. The van der Waals surface area contributed by atoms with Gasteiger partial charge < -0.3 is 15.5 Å². The molecule has 19 heavy (non-hydrogen) atoms. The molecule has 1 heterocycles. The molecule has 0 saturated carbocycles. The summed E-state index contributed by atoms with van der Waals surface area (Å²) in [6.45, 7) is 6.64. The first-order valence-corrected chi connectivity index (χ1v) is 7.05. The zero-order valence-corrected chi connectivity index (χ0v) is 11.8. The second-order valence-electron chi connectivity index (χ2n) is 5.13. The van der Waals surface area contributed by atoms with Crippen LogP contribution in [0.25, 0.3) is 0 Å². The summed E-state index contributed by atoms with van der Waals surface area (Å²) in [7, 11) is 0. The summed E-state index contributed by atoms with van der Waals surface area (Å²) < 4.78 is 0. The number of anilines is 1. The van der Waals surface area contributed by atoms with Crippen LogP contribution in [-0.2, 0) is 0 Å². The van der Waals surface area contributed by atoms with E-state index >= 15 is 0 Å². The van der Waals surface area contributed by atoms with Gasteiger partial charge in [-0.15, -0.1) is 0 Å². The summed E-state index contributed by atoms with van der Waals surface area (Å²) in [5.41, 5.74) is 2.05. The van der Waals surface area contributed by atoms with E-state index in [-0.39, 0.29) is 6.03 Å². The first kappa shape index (κ1) is 13.9. The van der Waals surface area contributed by atoms with Crippen LogP contribution in [0.15, 0.2) is 24.3 Å². The van der Waals surface area contributed by atoms with Crippen molar-refractivity contribution in [2.75, 3.05) is 25.0 Å². The minimum absolute atomic E-state index is 0.0138. The van der Waals surface area contributed by atoms with E-state index in [1.807, 2.05) is 43.0 Å². The third kappa shape index (κ3) is 3.96. The number of likely N-dealkylation sites (N-methyl/N-ethyl adjacent to an activating group) is 1. The van der Waals surface area contributed by atoms with Gasteiger partial charge in [-0.3, -0.25) is 0 Å². The average Bonchev–Trinajstić information content (AvgIpc) is 2.91. The van der Waals surface area contributed by atoms with Crippen LogP contribution < -0.4 is 10.6 Å². The summed E-state index contributed by atoms with van der Waals surface area (Å²) in [5, 5.41) is 6.38. The zero-order valence-electron chi connectivity index (χ0n) is 11.8. The fourth-order valence-electron chi connectivity index (χ4n) is 2.37. The van der Waals surface area contributed by atoms with Gasteiger partial charge >= 0.3 is 6.03 Å². The highest BCUT2D eigenvalue weighted by Gasteiger charge is 2.20. The van der Waals surface area contributed by atoms with E-state index in [0.717, 1.165) is 31.7 Å². The van der Waals surface area contributed by atoms with Crippen LogP contribution in [0.2, 0.25) is 0 Å². The Hall–Kier alpha value is -1.55. The van der Waals surface area contributed by atoms with Crippen LogP contribution in [0.3, 0.4) is 0 Å². The smallest absolute Gasteiger partial charge is 0.321 e. The van der Waals surface area contributed by atoms with E-state index in [1.165, 1.54) is 12.0 Å². The molecular formula is C15H23N3O. The lowest BCUT2D eigenvalue weighted by atomic mass is 10.2. The topological polar surface area (TPSA) is 44.4 Å². The molecule has 1 atom stereocenters. The molecule has 104 valence electrons. The van der Waals surface area contributed by atoms with Crippen molar-refractivity contribution in [3.63, 3.8) is 0 Å². The van der Waals surface area contributed by atoms with E-state index in [0.29, 0.717) is 6.04 Å². The van der Waals surface area contributed by atoms with Crippen LogP contribution >= 0.6 is 0 Å². The Kier molecular flexibility index (Phi) is 4.80. The van der Waals surface area contributed by atoms with Gasteiger partial charge in [0.2, 0.25) is 0 Å². The Morgan fingerprint density at radius 2 is 2.16 bits per heavy atom. The van der Waals surface area contributed by atoms with Crippen molar-refractivity contribution in [3.05, 3.63) is 29.8 Å². The van der Waals surface area contributed by atoms with Crippen LogP contribution in [0.4, 0.5) is 10.5 Å². The number of amides is 2. The standard InChI is InChI=1S/C15H23N3O/c1-3-18(11-14-5-4-10-16-14)15(19)17-13-8-6-12(2)7-9-13/h6-9,14,16H,3-5,10-11H2,1-2H3,(H,17,19). The van der Waals surface area contributed by atoms with E-state index in [1.54, 1.807) is 0 Å². The number of carbonyl (C=O) groups excluding carboxylic acids is 1. The number of nitrogens with one attached hydrogen (secondary N) is 2. The van der Waals surface area contributed by atoms with Crippen LogP contribution in [-0.4, -0.2) is 36.6 Å². The van der Waals surface area contributed by atoms with E-state index in [9.17, 15) is 4.79 Å². The van der Waals surface area contributed by atoms with Gasteiger partial charge in [-0.25, -0.2) is 4.79 Å². The first-order chi connectivity index (χ1) is 9.19. The molecule has 1 saturated heterocycles. The largest absolute Gasteiger partial charge is 0.323 e. The molecule has 2 N–H and O–H groups in total. The van der Waals surface area contributed by atoms with Crippen molar-refractivity contribution in [1.82, 2.24) is 10.2 Å². The fraction of sp³-hybridized carbons (Fsp3) is 0.533. The minimum atomic E-state index is -0.0138. The summed E-state index contributed by atoms with van der Waals surface area (Å²) in [6.07, 6.45) is 2.37. The minimum Gasteiger partial charge on any atom is -0.323 e. The van der Waals surface area contributed by atoms with Crippen LogP contribution in [0.1, 0.15) is 25.3 Å². The molecule has 1 aromatic rings. The molecule has 0 radical (unpaired) electrons. The lowest BCUT2D eigenvalue weighted by Gasteiger charge is -2.24. The summed E-state index contributed by atoms with van der Waals surface area (Å²) >= 11 is 0. The van der Waals surface area contributed by atoms with E-state index in [2.05, 4.69) is 10.6 Å². The maximum atomic E-state index is 12.2. The van der Waals surface area contributed by atoms with Gasteiger partial charge in [-0.2, -0.15) is 0 Å². The predicted octanol–water partition coefficient (Wildman–Crippen LogP) is 2.60. The highest BCUT2D eigenvalue weighted by atomic mass is 16.2. The lowest BCUT2D eigenvalue weighted by molar-refractivity contribution is 0.209. The van der Waals surface area contributed by atoms with Crippen LogP contribution in [0, 0.1) is 6.92 Å². The second kappa shape index (κ2) is 6.57. The third-order valence-corrected chi connectivity index (χ3v) is 3.57. The third-order valence-electron chi connectivity index (χ3n) is 3.57. The van der Waals surface area contributed by atoms with Crippen molar-refractivity contribution >= 4 is 11.7 Å². The van der Waals surface area contributed by atoms with Crippen molar-refractivity contribution in [2.45, 2.75) is 32.7 Å². The van der Waals surface area contributed by atoms with Crippen LogP contribution in [0.5, 0.6) is 0 Å². The number of urea groups is 1. The molecule has 1 aromatic carbocycles. The molecule has 1 unspecified atom stereocenters. The quantitative estimate of drug-likeness (QED) is 0.875. The number of hydrogen-bond acceptors (Lipinski definition) is 2. The van der Waals surface area contributed by atoms with Gasteiger partial charge in [-0.05, 0) is 45.4 Å². The number of hydrogen-bond donors (Lipinski definition) is 2. The molecule has 2 amide bonds. The monoisotopic (exact) mass is 261 g/mol. The Bertz CT molecular complexity index is 410. The Morgan fingerprint density at radius 1 is 1.42 bits per heavy atom. The van der Waals surface area contributed by atoms with Crippen molar-refractivity contribution in [1.29, 1.82) is 0 Å². The van der Waals surface area contributed by atoms with Gasteiger partial charge in [0.05, 0.1) is 0 Å². The van der Waals surface area contributed by atoms with Gasteiger partial charge in [0.15, 0.2) is 0 Å². The van der Waals surface area contributed by atoms with Gasteiger partial charge in [0, 0.05) is 24.8 Å². The van der Waals surface area contributed by atoms with Crippen molar-refractivity contribution in [3.8, 4) is 0 Å². The molecule has 4 heteroatoms. The van der Waals surface area contributed by atoms with E-state index < -0.39 is 0 Å². The molecular weight excluding hydrogens is 238 g/mol. The molecule has 0 spiro atoms. The number of aryl methyl sites for hydroxylation is 1. The number of carbonyl (C=O) groups is 1. The lowest BCUT2D eigenvalue weighted by Crippen LogP contribution is -2.43. The first-order valence-electron chi connectivity index (χ1n) is 7.05. The highest BCUT2D eigenvalue weighted by molar-refractivity contribution is 5.89. The van der Waals surface area contributed by atoms with Gasteiger partial charge in [-0.1, -0.05) is 17.7 Å². The summed E-state index contributed by atoms with van der Waals surface area (Å²) in [5.74, 6) is 0. The highest BCUT2D eigenvalue weighted by Crippen LogP contribution is 2.11. The molecule has 0 aromatic heterocycles. The van der Waals surface area contributed by atoms with E-state index in [4.69, 9.17) is 0 Å². The number of benzene rings is 1. The molecule has 1 fully saturated rings. The van der Waals surface area contributed by atoms with Gasteiger partial charge in [0.1, 0.15) is 0 Å². The molecule has 1 aliphatic rings. The SMILES string of the molecule is CCN(CC1CCCN1)C(=O)Nc1ccc(C)cc1. The molecule has 2 rings (SSSR count). The molecule has 1 aliphatic heterocycles. The van der Waals surface area contributed by atoms with Crippen molar-refractivity contribution in [2.24, 2.45) is 0 Å². The molecule has 0 bridgehead atoms. The second-order valence-corrected chi connectivity index (χ2v) is 5.13. The Balaban J connectivity index is 1.90. The maximum Gasteiger partial charge on any atom is 0.321 e. The Labute approximate surface area is 115 Å². The van der Waals surface area contributed by atoms with Gasteiger partial charge in [0.25, 0.3) is 0 Å². The summed E-state index contributed by atoms with van der Waals surface area (Å²) in [4.78, 5) is 14.1. The predicted molar refractivity (Wildman–Crippen MR) is 78.5 cm³/mol. The number of rotatable bonds is 4.